The molecule has 0 aromatic carbocycles. The lowest BCUT2D eigenvalue weighted by atomic mass is 9.62. The number of carbonyl (C=O) groups excluding carboxylic acids is 2. The third-order valence-corrected chi connectivity index (χ3v) is 3.31. The monoisotopic (exact) mass is 252 g/mol. The number of esters is 1. The first-order valence-electron chi connectivity index (χ1n) is 6.35. The Labute approximate surface area is 108 Å². The van der Waals surface area contributed by atoms with Crippen LogP contribution in [0.15, 0.2) is 0 Å². The van der Waals surface area contributed by atoms with Crippen molar-refractivity contribution >= 4 is 11.9 Å². The third-order valence-electron chi connectivity index (χ3n) is 3.31. The summed E-state index contributed by atoms with van der Waals surface area (Å²) in [5.74, 6) is -0.262. The zero-order valence-electron chi connectivity index (χ0n) is 11.2. The molecule has 0 bridgehead atoms. The topological polar surface area (TPSA) is 70.4 Å². The summed E-state index contributed by atoms with van der Waals surface area (Å²) in [5, 5.41) is 9.19. The molecule has 5 nitrogen and oxygen atoms in total. The molecule has 1 aliphatic carbocycles. The number of hydrogen-bond donors (Lipinski definition) is 0. The maximum Gasteiger partial charge on any atom is 0.325 e. The van der Waals surface area contributed by atoms with Gasteiger partial charge in [0.25, 0.3) is 0 Å². The number of amides is 1. The molecule has 1 saturated carbocycles. The smallest absolute Gasteiger partial charge is 0.325 e. The molecule has 0 saturated heterocycles. The van der Waals surface area contributed by atoms with Crippen molar-refractivity contribution in [3.63, 3.8) is 0 Å². The number of ether oxygens (including phenoxy) is 1. The summed E-state index contributed by atoms with van der Waals surface area (Å²) >= 11 is 0. The van der Waals surface area contributed by atoms with Gasteiger partial charge in [-0.05, 0) is 32.6 Å². The highest BCUT2D eigenvalue weighted by molar-refractivity contribution is 5.89. The molecule has 0 spiro atoms. The molecule has 1 rings (SSSR count). The second-order valence-corrected chi connectivity index (χ2v) is 4.83. The van der Waals surface area contributed by atoms with Crippen LogP contribution < -0.4 is 0 Å². The molecule has 1 fully saturated rings. The molecular weight excluding hydrogens is 232 g/mol. The van der Waals surface area contributed by atoms with E-state index in [1.807, 2.05) is 6.92 Å². The fourth-order valence-electron chi connectivity index (χ4n) is 2.44. The molecule has 0 radical (unpaired) electrons. The number of likely N-dealkylation sites (N-methyl/N-ethyl adjacent to an activating group) is 1. The van der Waals surface area contributed by atoms with Gasteiger partial charge in [0.1, 0.15) is 12.0 Å². The maximum atomic E-state index is 12.3. The third kappa shape index (κ3) is 2.81. The van der Waals surface area contributed by atoms with Gasteiger partial charge in [0.15, 0.2) is 0 Å². The quantitative estimate of drug-likeness (QED) is 0.692. The molecule has 0 heterocycles. The van der Waals surface area contributed by atoms with Gasteiger partial charge in [-0.15, -0.1) is 0 Å². The van der Waals surface area contributed by atoms with E-state index in [1.54, 1.807) is 13.8 Å². The Bertz CT molecular complexity index is 367. The predicted molar refractivity (Wildman–Crippen MR) is 65.3 cm³/mol. The van der Waals surface area contributed by atoms with Crippen LogP contribution >= 0.6 is 0 Å². The normalized spacial score (nSPS) is 25.8. The predicted octanol–water partition coefficient (Wildman–Crippen LogP) is 1.34. The second-order valence-electron chi connectivity index (χ2n) is 4.83. The van der Waals surface area contributed by atoms with E-state index in [0.29, 0.717) is 31.9 Å². The van der Waals surface area contributed by atoms with Crippen LogP contribution in [-0.4, -0.2) is 36.5 Å². The zero-order chi connectivity index (χ0) is 13.8. The average Bonchev–Trinajstić information content (AvgIpc) is 2.31. The summed E-state index contributed by atoms with van der Waals surface area (Å²) in [7, 11) is 0. The fraction of sp³-hybridized carbons (Fsp3) is 0.769. The second kappa shape index (κ2) is 5.85. The summed E-state index contributed by atoms with van der Waals surface area (Å²) < 4.78 is 4.83. The van der Waals surface area contributed by atoms with Crippen LogP contribution in [-0.2, 0) is 14.3 Å². The number of carbonyl (C=O) groups is 2. The Kier molecular flexibility index (Phi) is 4.71. The van der Waals surface area contributed by atoms with Crippen LogP contribution in [0.3, 0.4) is 0 Å². The van der Waals surface area contributed by atoms with Gasteiger partial charge in [-0.25, -0.2) is 0 Å². The van der Waals surface area contributed by atoms with Crippen molar-refractivity contribution in [1.82, 2.24) is 4.90 Å². The van der Waals surface area contributed by atoms with E-state index in [-0.39, 0.29) is 12.5 Å². The van der Waals surface area contributed by atoms with E-state index in [2.05, 4.69) is 6.07 Å². The number of nitriles is 1. The van der Waals surface area contributed by atoms with E-state index in [9.17, 15) is 14.9 Å². The number of hydrogen-bond acceptors (Lipinski definition) is 4. The van der Waals surface area contributed by atoms with Crippen molar-refractivity contribution in [2.45, 2.75) is 33.6 Å². The molecule has 100 valence electrons. The van der Waals surface area contributed by atoms with E-state index in [4.69, 9.17) is 4.74 Å². The molecule has 1 amide bonds. The molecular formula is C13H20N2O3. The first-order valence-corrected chi connectivity index (χ1v) is 6.35. The minimum atomic E-state index is -0.915. The SMILES string of the molecule is CCOC(=O)CN(CC)C(=O)C1(C#N)CC(C)C1. The lowest BCUT2D eigenvalue weighted by Crippen LogP contribution is -2.51. The number of nitrogens with zero attached hydrogens (tertiary/aromatic N) is 2. The van der Waals surface area contributed by atoms with Crippen molar-refractivity contribution in [2.24, 2.45) is 11.3 Å². The van der Waals surface area contributed by atoms with Gasteiger partial charge in [-0.3, -0.25) is 9.59 Å². The van der Waals surface area contributed by atoms with Crippen LogP contribution in [0.2, 0.25) is 0 Å². The van der Waals surface area contributed by atoms with Gasteiger partial charge < -0.3 is 9.64 Å². The van der Waals surface area contributed by atoms with Crippen molar-refractivity contribution in [1.29, 1.82) is 5.26 Å². The van der Waals surface area contributed by atoms with Crippen LogP contribution in [0.1, 0.15) is 33.6 Å². The van der Waals surface area contributed by atoms with Gasteiger partial charge in [0, 0.05) is 6.54 Å². The van der Waals surface area contributed by atoms with Gasteiger partial charge in [-0.2, -0.15) is 5.26 Å². The first-order chi connectivity index (χ1) is 8.49. The average molecular weight is 252 g/mol. The summed E-state index contributed by atoms with van der Waals surface area (Å²) in [6.45, 7) is 6.18. The summed E-state index contributed by atoms with van der Waals surface area (Å²) in [6, 6.07) is 2.12. The molecule has 18 heavy (non-hydrogen) atoms. The Hall–Kier alpha value is -1.57. The Morgan fingerprint density at radius 2 is 2.06 bits per heavy atom. The van der Waals surface area contributed by atoms with Crippen molar-refractivity contribution in [3.05, 3.63) is 0 Å². The largest absolute Gasteiger partial charge is 0.465 e. The molecule has 1 aliphatic rings. The maximum absolute atomic E-state index is 12.3. The van der Waals surface area contributed by atoms with Gasteiger partial charge >= 0.3 is 5.97 Å². The van der Waals surface area contributed by atoms with E-state index < -0.39 is 11.4 Å². The first kappa shape index (κ1) is 14.5. The molecule has 0 N–H and O–H groups in total. The van der Waals surface area contributed by atoms with Gasteiger partial charge in [0.2, 0.25) is 5.91 Å². The minimum absolute atomic E-state index is 0.0685. The van der Waals surface area contributed by atoms with E-state index in [0.717, 1.165) is 0 Å². The summed E-state index contributed by atoms with van der Waals surface area (Å²) in [4.78, 5) is 25.1. The molecule has 0 aromatic rings. The molecule has 0 aliphatic heterocycles. The Balaban J connectivity index is 2.68. The minimum Gasteiger partial charge on any atom is -0.465 e. The Morgan fingerprint density at radius 1 is 1.44 bits per heavy atom. The highest BCUT2D eigenvalue weighted by Gasteiger charge is 2.50. The van der Waals surface area contributed by atoms with Crippen LogP contribution in [0.4, 0.5) is 0 Å². The summed E-state index contributed by atoms with van der Waals surface area (Å²) in [5.41, 5.74) is -0.915. The van der Waals surface area contributed by atoms with Gasteiger partial charge in [-0.1, -0.05) is 6.92 Å². The Morgan fingerprint density at radius 3 is 2.44 bits per heavy atom. The highest BCUT2D eigenvalue weighted by Crippen LogP contribution is 2.46. The lowest BCUT2D eigenvalue weighted by Gasteiger charge is -2.41. The molecule has 5 heteroatoms. The van der Waals surface area contributed by atoms with Gasteiger partial charge in [0.05, 0.1) is 12.7 Å². The van der Waals surface area contributed by atoms with Crippen LogP contribution in [0.5, 0.6) is 0 Å². The van der Waals surface area contributed by atoms with Crippen molar-refractivity contribution in [2.75, 3.05) is 19.7 Å². The highest BCUT2D eigenvalue weighted by atomic mass is 16.5. The van der Waals surface area contributed by atoms with Crippen molar-refractivity contribution in [3.8, 4) is 6.07 Å². The van der Waals surface area contributed by atoms with Crippen molar-refractivity contribution < 1.29 is 14.3 Å². The molecule has 0 aromatic heterocycles. The lowest BCUT2D eigenvalue weighted by molar-refractivity contribution is -0.154. The standard InChI is InChI=1S/C13H20N2O3/c1-4-15(8-11(16)18-5-2)12(17)13(9-14)6-10(3)7-13/h10H,4-8H2,1-3H3. The van der Waals surface area contributed by atoms with E-state index in [1.165, 1.54) is 4.90 Å². The summed E-state index contributed by atoms with van der Waals surface area (Å²) in [6.07, 6.45) is 1.17. The molecule has 0 atom stereocenters. The number of rotatable bonds is 5. The zero-order valence-corrected chi connectivity index (χ0v) is 11.2. The van der Waals surface area contributed by atoms with Crippen LogP contribution in [0.25, 0.3) is 0 Å². The molecule has 0 unspecified atom stereocenters. The van der Waals surface area contributed by atoms with E-state index >= 15 is 0 Å². The fourth-order valence-corrected chi connectivity index (χ4v) is 2.44. The van der Waals surface area contributed by atoms with Crippen LogP contribution in [0, 0.1) is 22.7 Å².